The number of hydrogen-bond donors (Lipinski definition) is 0. The van der Waals surface area contributed by atoms with E-state index in [1.807, 2.05) is 0 Å². The van der Waals surface area contributed by atoms with Gasteiger partial charge in [0.25, 0.3) is 0 Å². The Balaban J connectivity index is 1.79. The van der Waals surface area contributed by atoms with Crippen LogP contribution in [0.3, 0.4) is 0 Å². The molecule has 1 rings (SSSR count). The van der Waals surface area contributed by atoms with Crippen molar-refractivity contribution in [3.63, 3.8) is 0 Å². The number of benzene rings is 1. The van der Waals surface area contributed by atoms with Crippen LogP contribution in [0.25, 0.3) is 0 Å². The topological polar surface area (TPSA) is 0 Å². The van der Waals surface area contributed by atoms with E-state index >= 15 is 0 Å². The summed E-state index contributed by atoms with van der Waals surface area (Å²) < 4.78 is 0. The summed E-state index contributed by atoms with van der Waals surface area (Å²) in [5.74, 6) is 2.56. The predicted molar refractivity (Wildman–Crippen MR) is 207 cm³/mol. The molecule has 0 aliphatic heterocycles. The number of thioether (sulfide) groups is 2. The lowest BCUT2D eigenvalue weighted by atomic mass is 10.0. The Hall–Kier alpha value is -0.0800. The van der Waals surface area contributed by atoms with Crippen LogP contribution in [-0.2, 0) is 0 Å². The number of rotatable bonds is 36. The summed E-state index contributed by atoms with van der Waals surface area (Å²) in [6.45, 7) is 4.61. The van der Waals surface area contributed by atoms with Crippen LogP contribution in [0.4, 0.5) is 0 Å². The van der Waals surface area contributed by atoms with Crippen LogP contribution in [-0.4, -0.2) is 11.5 Å². The molecule has 0 radical (unpaired) electrons. The van der Waals surface area contributed by atoms with Gasteiger partial charge in [0.15, 0.2) is 0 Å². The minimum absolute atomic E-state index is 1.28. The summed E-state index contributed by atoms with van der Waals surface area (Å²) >= 11 is 4.11. The Kier molecular flexibility index (Phi) is 34.1. The van der Waals surface area contributed by atoms with Crippen LogP contribution in [0.2, 0.25) is 0 Å². The highest BCUT2D eigenvalue weighted by Gasteiger charge is 2.00. The van der Waals surface area contributed by atoms with E-state index in [9.17, 15) is 0 Å². The van der Waals surface area contributed by atoms with E-state index in [4.69, 9.17) is 0 Å². The van der Waals surface area contributed by atoms with Crippen LogP contribution >= 0.6 is 23.5 Å². The largest absolute Gasteiger partial charge is 0.126 e. The Morgan fingerprint density at radius 1 is 0.273 bits per heavy atom. The standard InChI is InChI=1S/C42H78S2/c1-3-5-7-9-11-13-15-17-19-21-23-25-27-29-31-33-39-43-41-35-37-42(38-36-41)44-40-34-32-30-28-26-24-22-20-18-16-14-12-10-8-6-4-2/h35-38H,3-34,39-40H2,1-2H3. The molecule has 0 fully saturated rings. The van der Waals surface area contributed by atoms with Crippen molar-refractivity contribution in [3.8, 4) is 0 Å². The molecule has 0 saturated heterocycles. The van der Waals surface area contributed by atoms with Gasteiger partial charge in [0, 0.05) is 9.79 Å². The van der Waals surface area contributed by atoms with Gasteiger partial charge >= 0.3 is 0 Å². The highest BCUT2D eigenvalue weighted by Crippen LogP contribution is 2.26. The van der Waals surface area contributed by atoms with Crippen molar-refractivity contribution in [1.29, 1.82) is 0 Å². The Labute approximate surface area is 287 Å². The third kappa shape index (κ3) is 30.6. The second-order valence-electron chi connectivity index (χ2n) is 13.8. The van der Waals surface area contributed by atoms with E-state index in [1.54, 1.807) is 0 Å². The molecule has 1 aromatic rings. The highest BCUT2D eigenvalue weighted by molar-refractivity contribution is 7.99. The molecule has 2 heteroatoms. The van der Waals surface area contributed by atoms with Gasteiger partial charge in [-0.15, -0.1) is 23.5 Å². The van der Waals surface area contributed by atoms with Crippen LogP contribution in [0.5, 0.6) is 0 Å². The summed E-state index contributed by atoms with van der Waals surface area (Å²) in [5, 5.41) is 0. The molecule has 0 aliphatic carbocycles. The van der Waals surface area contributed by atoms with Gasteiger partial charge in [0.05, 0.1) is 0 Å². The van der Waals surface area contributed by atoms with E-state index in [1.165, 1.54) is 227 Å². The molecule has 1 aromatic carbocycles. The van der Waals surface area contributed by atoms with Crippen LogP contribution in [0, 0.1) is 0 Å². The summed E-state index contributed by atoms with van der Waals surface area (Å²) in [7, 11) is 0. The minimum Gasteiger partial charge on any atom is -0.126 e. The summed E-state index contributed by atoms with van der Waals surface area (Å²) in [6, 6.07) is 9.42. The maximum Gasteiger partial charge on any atom is 0.00727 e. The summed E-state index contributed by atoms with van der Waals surface area (Å²) in [6.07, 6.45) is 46.4. The van der Waals surface area contributed by atoms with Crippen molar-refractivity contribution < 1.29 is 0 Å². The van der Waals surface area contributed by atoms with Crippen LogP contribution in [0.15, 0.2) is 34.1 Å². The van der Waals surface area contributed by atoms with E-state index in [-0.39, 0.29) is 0 Å². The first kappa shape index (κ1) is 41.9. The van der Waals surface area contributed by atoms with Crippen molar-refractivity contribution in [1.82, 2.24) is 0 Å². The first-order chi connectivity index (χ1) is 21.9. The first-order valence-electron chi connectivity index (χ1n) is 20.2. The lowest BCUT2D eigenvalue weighted by molar-refractivity contribution is 0.531. The van der Waals surface area contributed by atoms with Crippen molar-refractivity contribution in [2.75, 3.05) is 11.5 Å². The SMILES string of the molecule is CCCCCCCCCCCCCCCCCCSc1ccc(SCCCCCCCCCCCCCCCCCC)cc1. The van der Waals surface area contributed by atoms with Gasteiger partial charge in [-0.05, 0) is 48.6 Å². The normalized spacial score (nSPS) is 11.5. The fourth-order valence-corrected chi connectivity index (χ4v) is 8.14. The zero-order valence-electron chi connectivity index (χ0n) is 30.2. The van der Waals surface area contributed by atoms with Crippen molar-refractivity contribution in [2.24, 2.45) is 0 Å². The average Bonchev–Trinajstić information content (AvgIpc) is 3.04. The quantitative estimate of drug-likeness (QED) is 0.0525. The molecule has 0 spiro atoms. The molecule has 0 unspecified atom stereocenters. The molecule has 0 nitrogen and oxygen atoms in total. The first-order valence-corrected chi connectivity index (χ1v) is 22.2. The fraction of sp³-hybridized carbons (Fsp3) is 0.857. The third-order valence-electron chi connectivity index (χ3n) is 9.36. The van der Waals surface area contributed by atoms with Gasteiger partial charge in [0.1, 0.15) is 0 Å². The molecule has 44 heavy (non-hydrogen) atoms. The van der Waals surface area contributed by atoms with Gasteiger partial charge < -0.3 is 0 Å². The molecule has 0 N–H and O–H groups in total. The molecule has 0 atom stereocenters. The van der Waals surface area contributed by atoms with E-state index in [2.05, 4.69) is 61.6 Å². The van der Waals surface area contributed by atoms with E-state index in [0.29, 0.717) is 0 Å². The zero-order chi connectivity index (χ0) is 31.4. The van der Waals surface area contributed by atoms with Gasteiger partial charge in [-0.25, -0.2) is 0 Å². The number of hydrogen-bond acceptors (Lipinski definition) is 2. The van der Waals surface area contributed by atoms with Gasteiger partial charge in [-0.2, -0.15) is 0 Å². The van der Waals surface area contributed by atoms with Crippen molar-refractivity contribution >= 4 is 23.5 Å². The van der Waals surface area contributed by atoms with Crippen LogP contribution in [0.1, 0.15) is 219 Å². The monoisotopic (exact) mass is 647 g/mol. The second-order valence-corrected chi connectivity index (χ2v) is 16.1. The third-order valence-corrected chi connectivity index (χ3v) is 11.6. The minimum atomic E-state index is 1.28. The molecule has 0 bridgehead atoms. The molecular formula is C42H78S2. The Morgan fingerprint density at radius 3 is 0.659 bits per heavy atom. The molecule has 0 aromatic heterocycles. The second kappa shape index (κ2) is 35.8. The molecule has 258 valence electrons. The van der Waals surface area contributed by atoms with E-state index < -0.39 is 0 Å². The van der Waals surface area contributed by atoms with Crippen molar-refractivity contribution in [2.45, 2.75) is 229 Å². The molecule has 0 amide bonds. The average molecular weight is 647 g/mol. The molecular weight excluding hydrogens is 569 g/mol. The van der Waals surface area contributed by atoms with Gasteiger partial charge in [-0.1, -0.05) is 206 Å². The van der Waals surface area contributed by atoms with E-state index in [0.717, 1.165) is 0 Å². The Morgan fingerprint density at radius 2 is 0.455 bits per heavy atom. The lowest BCUT2D eigenvalue weighted by Crippen LogP contribution is -1.85. The van der Waals surface area contributed by atoms with Crippen molar-refractivity contribution in [3.05, 3.63) is 24.3 Å². The molecule has 0 heterocycles. The summed E-state index contributed by atoms with van der Waals surface area (Å²) in [4.78, 5) is 2.91. The van der Waals surface area contributed by atoms with Gasteiger partial charge in [-0.3, -0.25) is 0 Å². The maximum absolute atomic E-state index is 2.35. The zero-order valence-corrected chi connectivity index (χ0v) is 31.8. The molecule has 0 aliphatic rings. The molecule has 0 saturated carbocycles. The smallest absolute Gasteiger partial charge is 0.00727 e. The highest BCUT2D eigenvalue weighted by atomic mass is 32.2. The maximum atomic E-state index is 2.35. The number of unbranched alkanes of at least 4 members (excludes halogenated alkanes) is 30. The van der Waals surface area contributed by atoms with Gasteiger partial charge in [0.2, 0.25) is 0 Å². The Bertz CT molecular complexity index is 597. The predicted octanol–water partition coefficient (Wildman–Crippen LogP) is 16.4. The fourth-order valence-electron chi connectivity index (χ4n) is 6.31. The van der Waals surface area contributed by atoms with Crippen LogP contribution < -0.4 is 0 Å². The summed E-state index contributed by atoms with van der Waals surface area (Å²) in [5.41, 5.74) is 0. The lowest BCUT2D eigenvalue weighted by Gasteiger charge is -2.06.